The minimum atomic E-state index is -0.836. The van der Waals surface area contributed by atoms with Gasteiger partial charge < -0.3 is 15.2 Å². The fraction of sp³-hybridized carbons (Fsp3) is 0.538. The van der Waals surface area contributed by atoms with Gasteiger partial charge in [0.1, 0.15) is 11.5 Å². The Hall–Kier alpha value is -1.44. The third-order valence-corrected chi connectivity index (χ3v) is 4.07. The summed E-state index contributed by atoms with van der Waals surface area (Å²) in [5, 5.41) is 23.3. The van der Waals surface area contributed by atoms with Crippen molar-refractivity contribution in [3.8, 4) is 0 Å². The van der Waals surface area contributed by atoms with Crippen LogP contribution in [-0.2, 0) is 4.74 Å². The van der Waals surface area contributed by atoms with Crippen molar-refractivity contribution in [2.75, 3.05) is 31.7 Å². The molecule has 21 heavy (non-hydrogen) atoms. The smallest absolute Gasteiger partial charge is 0.295 e. The standard InChI is InChI=1S/C13H16ClFN2O4/c14-9-5-11(12(17(19)20)6-10(9)15)16-7-13(8-18)1-3-21-4-2-13/h5-6,16,18H,1-4,7-8H2. The van der Waals surface area contributed by atoms with Crippen molar-refractivity contribution in [3.05, 3.63) is 33.1 Å². The summed E-state index contributed by atoms with van der Waals surface area (Å²) in [5.41, 5.74) is -0.629. The predicted octanol–water partition coefficient (Wildman–Crippen LogP) is 2.59. The number of rotatable bonds is 5. The Morgan fingerprint density at radius 2 is 2.14 bits per heavy atom. The van der Waals surface area contributed by atoms with E-state index in [9.17, 15) is 19.6 Å². The number of hydrogen-bond donors (Lipinski definition) is 2. The van der Waals surface area contributed by atoms with Gasteiger partial charge >= 0.3 is 0 Å². The normalized spacial score (nSPS) is 17.5. The summed E-state index contributed by atoms with van der Waals surface area (Å²) >= 11 is 5.67. The molecule has 0 amide bonds. The zero-order valence-electron chi connectivity index (χ0n) is 11.3. The Bertz CT molecular complexity index is 535. The molecule has 1 heterocycles. The van der Waals surface area contributed by atoms with E-state index in [0.29, 0.717) is 32.6 Å². The number of nitro groups is 1. The number of ether oxygens (including phenoxy) is 1. The average molecular weight is 319 g/mol. The van der Waals surface area contributed by atoms with E-state index in [4.69, 9.17) is 16.3 Å². The first-order valence-electron chi connectivity index (χ1n) is 6.53. The van der Waals surface area contributed by atoms with Gasteiger partial charge in [-0.2, -0.15) is 0 Å². The average Bonchev–Trinajstić information content (AvgIpc) is 2.48. The molecule has 1 fully saturated rings. The monoisotopic (exact) mass is 318 g/mol. The highest BCUT2D eigenvalue weighted by atomic mass is 35.5. The Morgan fingerprint density at radius 3 is 2.71 bits per heavy atom. The second kappa shape index (κ2) is 6.55. The number of halogens is 2. The van der Waals surface area contributed by atoms with Crippen LogP contribution in [0.1, 0.15) is 12.8 Å². The summed E-state index contributed by atoms with van der Waals surface area (Å²) in [6.07, 6.45) is 1.30. The number of hydrogen-bond acceptors (Lipinski definition) is 5. The first-order valence-corrected chi connectivity index (χ1v) is 6.91. The Labute approximate surface area is 126 Å². The van der Waals surface area contributed by atoms with Crippen molar-refractivity contribution < 1.29 is 19.2 Å². The van der Waals surface area contributed by atoms with Crippen LogP contribution in [0.25, 0.3) is 0 Å². The maximum absolute atomic E-state index is 13.3. The van der Waals surface area contributed by atoms with Crippen LogP contribution in [0, 0.1) is 21.3 Å². The highest BCUT2D eigenvalue weighted by Gasteiger charge is 2.32. The first kappa shape index (κ1) is 15.9. The van der Waals surface area contributed by atoms with Crippen LogP contribution >= 0.6 is 11.6 Å². The van der Waals surface area contributed by atoms with Crippen molar-refractivity contribution in [1.82, 2.24) is 0 Å². The van der Waals surface area contributed by atoms with Gasteiger partial charge in [0, 0.05) is 25.2 Å². The molecule has 1 aromatic carbocycles. The van der Waals surface area contributed by atoms with E-state index in [1.54, 1.807) is 0 Å². The fourth-order valence-corrected chi connectivity index (χ4v) is 2.47. The van der Waals surface area contributed by atoms with Crippen LogP contribution in [0.5, 0.6) is 0 Å². The van der Waals surface area contributed by atoms with E-state index in [-0.39, 0.29) is 23.0 Å². The van der Waals surface area contributed by atoms with Gasteiger partial charge in [-0.15, -0.1) is 0 Å². The molecule has 0 bridgehead atoms. The highest BCUT2D eigenvalue weighted by molar-refractivity contribution is 6.31. The molecule has 8 heteroatoms. The van der Waals surface area contributed by atoms with Gasteiger partial charge in [-0.05, 0) is 18.9 Å². The van der Waals surface area contributed by atoms with Crippen LogP contribution in [0.15, 0.2) is 12.1 Å². The SMILES string of the molecule is O=[N+]([O-])c1cc(F)c(Cl)cc1NCC1(CO)CCOCC1. The van der Waals surface area contributed by atoms with Crippen LogP contribution in [0.4, 0.5) is 15.8 Å². The Balaban J connectivity index is 2.18. The lowest BCUT2D eigenvalue weighted by atomic mass is 9.81. The van der Waals surface area contributed by atoms with Gasteiger partial charge in [0.05, 0.1) is 22.6 Å². The zero-order chi connectivity index (χ0) is 15.5. The van der Waals surface area contributed by atoms with Crippen LogP contribution < -0.4 is 5.32 Å². The summed E-state index contributed by atoms with van der Waals surface area (Å²) in [5.74, 6) is -0.836. The summed E-state index contributed by atoms with van der Waals surface area (Å²) in [7, 11) is 0. The predicted molar refractivity (Wildman–Crippen MR) is 76.1 cm³/mol. The lowest BCUT2D eigenvalue weighted by Crippen LogP contribution is -2.39. The molecule has 6 nitrogen and oxygen atoms in total. The molecule has 0 saturated carbocycles. The zero-order valence-corrected chi connectivity index (χ0v) is 12.0. The molecular formula is C13H16ClFN2O4. The maximum atomic E-state index is 13.3. The second-order valence-electron chi connectivity index (χ2n) is 5.16. The second-order valence-corrected chi connectivity index (χ2v) is 5.57. The summed E-state index contributed by atoms with van der Waals surface area (Å²) in [6.45, 7) is 1.35. The lowest BCUT2D eigenvalue weighted by Gasteiger charge is -2.35. The van der Waals surface area contributed by atoms with Gasteiger partial charge in [0.25, 0.3) is 5.69 Å². The molecule has 116 valence electrons. The molecule has 0 unspecified atom stereocenters. The number of benzene rings is 1. The Morgan fingerprint density at radius 1 is 1.48 bits per heavy atom. The summed E-state index contributed by atoms with van der Waals surface area (Å²) < 4.78 is 18.6. The molecule has 1 aliphatic rings. The molecule has 0 atom stereocenters. The van der Waals surface area contributed by atoms with Gasteiger partial charge in [0.2, 0.25) is 0 Å². The van der Waals surface area contributed by atoms with Crippen LogP contribution in [-0.4, -0.2) is 36.4 Å². The largest absolute Gasteiger partial charge is 0.396 e. The topological polar surface area (TPSA) is 84.6 Å². The minimum Gasteiger partial charge on any atom is -0.396 e. The molecule has 2 N–H and O–H groups in total. The molecule has 0 spiro atoms. The van der Waals surface area contributed by atoms with Crippen molar-refractivity contribution >= 4 is 23.0 Å². The van der Waals surface area contributed by atoms with E-state index in [1.165, 1.54) is 6.07 Å². The van der Waals surface area contributed by atoms with E-state index in [0.717, 1.165) is 6.07 Å². The molecule has 1 saturated heterocycles. The van der Waals surface area contributed by atoms with E-state index in [1.807, 2.05) is 0 Å². The van der Waals surface area contributed by atoms with Crippen LogP contribution in [0.2, 0.25) is 5.02 Å². The molecule has 1 aromatic rings. The third-order valence-electron chi connectivity index (χ3n) is 3.78. The summed E-state index contributed by atoms with van der Waals surface area (Å²) in [6, 6.07) is 1.99. The number of anilines is 1. The molecular weight excluding hydrogens is 303 g/mol. The number of aliphatic hydroxyl groups is 1. The maximum Gasteiger partial charge on any atom is 0.295 e. The van der Waals surface area contributed by atoms with Crippen molar-refractivity contribution in [2.45, 2.75) is 12.8 Å². The van der Waals surface area contributed by atoms with Gasteiger partial charge in [0.15, 0.2) is 0 Å². The molecule has 0 aliphatic carbocycles. The number of nitrogens with zero attached hydrogens (tertiary/aromatic N) is 1. The van der Waals surface area contributed by atoms with E-state index >= 15 is 0 Å². The highest BCUT2D eigenvalue weighted by Crippen LogP contribution is 2.34. The molecule has 0 radical (unpaired) electrons. The van der Waals surface area contributed by atoms with Crippen molar-refractivity contribution in [3.63, 3.8) is 0 Å². The Kier molecular flexibility index (Phi) is 4.97. The van der Waals surface area contributed by atoms with Gasteiger partial charge in [-0.3, -0.25) is 10.1 Å². The fourth-order valence-electron chi connectivity index (χ4n) is 2.31. The third kappa shape index (κ3) is 3.61. The summed E-state index contributed by atoms with van der Waals surface area (Å²) in [4.78, 5) is 10.3. The quantitative estimate of drug-likeness (QED) is 0.644. The van der Waals surface area contributed by atoms with Gasteiger partial charge in [-0.1, -0.05) is 11.6 Å². The van der Waals surface area contributed by atoms with Crippen LogP contribution in [0.3, 0.4) is 0 Å². The molecule has 0 aromatic heterocycles. The van der Waals surface area contributed by atoms with E-state index < -0.39 is 16.2 Å². The number of nitrogens with one attached hydrogen (secondary N) is 1. The number of nitro benzene ring substituents is 1. The minimum absolute atomic E-state index is 0.0495. The number of aliphatic hydroxyl groups excluding tert-OH is 1. The van der Waals surface area contributed by atoms with Crippen molar-refractivity contribution in [1.29, 1.82) is 0 Å². The molecule has 1 aliphatic heterocycles. The molecule has 2 rings (SSSR count). The van der Waals surface area contributed by atoms with Gasteiger partial charge in [-0.25, -0.2) is 4.39 Å². The van der Waals surface area contributed by atoms with Crippen molar-refractivity contribution in [2.24, 2.45) is 5.41 Å². The lowest BCUT2D eigenvalue weighted by molar-refractivity contribution is -0.384. The van der Waals surface area contributed by atoms with E-state index in [2.05, 4.69) is 5.32 Å². The first-order chi connectivity index (χ1) is 9.97.